The molecule has 0 saturated carbocycles. The molecule has 0 aliphatic carbocycles. The molecule has 0 radical (unpaired) electrons. The summed E-state index contributed by atoms with van der Waals surface area (Å²) in [7, 11) is -3.39. The van der Waals surface area contributed by atoms with Crippen LogP contribution in [0.2, 0.25) is 0 Å². The molecule has 0 aromatic carbocycles. The zero-order chi connectivity index (χ0) is 12.3. The highest BCUT2D eigenvalue weighted by Gasteiger charge is 2.18. The van der Waals surface area contributed by atoms with Crippen LogP contribution in [0.5, 0.6) is 0 Å². The first-order valence-corrected chi connectivity index (χ1v) is 8.08. The van der Waals surface area contributed by atoms with E-state index in [1.165, 1.54) is 11.3 Å². The van der Waals surface area contributed by atoms with Crippen LogP contribution in [-0.2, 0) is 16.6 Å². The number of hydrogen-bond donors (Lipinski definition) is 1. The largest absolute Gasteiger partial charge is 0.353 e. The van der Waals surface area contributed by atoms with Crippen molar-refractivity contribution in [1.29, 1.82) is 0 Å². The normalized spacial score (nSPS) is 11.8. The van der Waals surface area contributed by atoms with E-state index in [9.17, 15) is 8.42 Å². The van der Waals surface area contributed by atoms with Gasteiger partial charge >= 0.3 is 0 Å². The van der Waals surface area contributed by atoms with Gasteiger partial charge in [0.1, 0.15) is 4.21 Å². The molecule has 2 rings (SSSR count). The molecule has 2 aromatic rings. The predicted molar refractivity (Wildman–Crippen MR) is 71.6 cm³/mol. The second kappa shape index (κ2) is 5.34. The highest BCUT2D eigenvalue weighted by atomic mass is 79.9. The molecular weight excluding hydrogens is 324 g/mol. The van der Waals surface area contributed by atoms with Crippen molar-refractivity contribution in [2.45, 2.75) is 10.8 Å². The third-order valence-corrected chi connectivity index (χ3v) is 6.29. The Labute approximate surface area is 112 Å². The standard InChI is InChI=1S/C10H11BrN2O2S2/c11-9-3-8-16-10(9)17(14,15)12-4-7-13-5-1-2-6-13/h1-3,5-6,8,12H,4,7H2. The average Bonchev–Trinajstić information content (AvgIpc) is 2.88. The molecule has 92 valence electrons. The van der Waals surface area contributed by atoms with Gasteiger partial charge in [0.05, 0.1) is 0 Å². The summed E-state index contributed by atoms with van der Waals surface area (Å²) in [4.78, 5) is 0. The molecule has 1 N–H and O–H groups in total. The van der Waals surface area contributed by atoms with Crippen LogP contribution in [0.4, 0.5) is 0 Å². The minimum Gasteiger partial charge on any atom is -0.353 e. The minimum absolute atomic E-state index is 0.324. The van der Waals surface area contributed by atoms with Crippen LogP contribution in [0.25, 0.3) is 0 Å². The first-order chi connectivity index (χ1) is 8.09. The molecular formula is C10H11BrN2O2S2. The van der Waals surface area contributed by atoms with E-state index in [1.807, 2.05) is 29.1 Å². The van der Waals surface area contributed by atoms with Crippen LogP contribution < -0.4 is 4.72 Å². The number of nitrogens with one attached hydrogen (secondary N) is 1. The number of hydrogen-bond acceptors (Lipinski definition) is 3. The van der Waals surface area contributed by atoms with Gasteiger partial charge in [0.15, 0.2) is 0 Å². The third-order valence-electron chi connectivity index (χ3n) is 2.16. The number of halogens is 1. The summed E-state index contributed by atoms with van der Waals surface area (Å²) in [6.07, 6.45) is 3.80. The highest BCUT2D eigenvalue weighted by Crippen LogP contribution is 2.27. The van der Waals surface area contributed by atoms with Crippen molar-refractivity contribution in [3.8, 4) is 0 Å². The molecule has 2 aromatic heterocycles. The summed E-state index contributed by atoms with van der Waals surface area (Å²) in [6.45, 7) is 0.997. The molecule has 7 heteroatoms. The number of nitrogens with zero attached hydrogens (tertiary/aromatic N) is 1. The molecule has 4 nitrogen and oxygen atoms in total. The van der Waals surface area contributed by atoms with Crippen molar-refractivity contribution >= 4 is 37.3 Å². The van der Waals surface area contributed by atoms with Gasteiger partial charge in [-0.1, -0.05) is 0 Å². The lowest BCUT2D eigenvalue weighted by molar-refractivity contribution is 0.575. The van der Waals surface area contributed by atoms with Gasteiger partial charge in [-0.2, -0.15) is 0 Å². The first-order valence-electron chi connectivity index (χ1n) is 4.93. The molecule has 0 fully saturated rings. The Kier molecular flexibility index (Phi) is 4.03. The van der Waals surface area contributed by atoms with E-state index in [4.69, 9.17) is 0 Å². The Morgan fingerprint density at radius 3 is 2.65 bits per heavy atom. The van der Waals surface area contributed by atoms with Crippen LogP contribution in [0, 0.1) is 0 Å². The van der Waals surface area contributed by atoms with Crippen molar-refractivity contribution in [2.75, 3.05) is 6.54 Å². The SMILES string of the molecule is O=S(=O)(NCCn1cccc1)c1sccc1Br. The maximum atomic E-state index is 11.9. The average molecular weight is 335 g/mol. The van der Waals surface area contributed by atoms with Crippen molar-refractivity contribution < 1.29 is 8.42 Å². The van der Waals surface area contributed by atoms with Crippen molar-refractivity contribution in [2.24, 2.45) is 0 Å². The summed E-state index contributed by atoms with van der Waals surface area (Å²) in [6, 6.07) is 5.54. The molecule has 2 heterocycles. The van der Waals surface area contributed by atoms with Gasteiger partial charge in [-0.15, -0.1) is 11.3 Å². The zero-order valence-corrected chi connectivity index (χ0v) is 12.1. The summed E-state index contributed by atoms with van der Waals surface area (Å²) in [5.41, 5.74) is 0. The van der Waals surface area contributed by atoms with Crippen molar-refractivity contribution in [3.05, 3.63) is 40.4 Å². The van der Waals surface area contributed by atoms with Crippen LogP contribution in [-0.4, -0.2) is 19.5 Å². The Morgan fingerprint density at radius 1 is 1.35 bits per heavy atom. The zero-order valence-electron chi connectivity index (χ0n) is 8.84. The fourth-order valence-electron chi connectivity index (χ4n) is 1.37. The van der Waals surface area contributed by atoms with E-state index >= 15 is 0 Å². The topological polar surface area (TPSA) is 51.1 Å². The van der Waals surface area contributed by atoms with E-state index in [0.29, 0.717) is 21.8 Å². The molecule has 0 saturated heterocycles. The molecule has 0 atom stereocenters. The van der Waals surface area contributed by atoms with E-state index in [0.717, 1.165) is 0 Å². The van der Waals surface area contributed by atoms with Gasteiger partial charge in [0.25, 0.3) is 10.0 Å². The first kappa shape index (κ1) is 12.8. The fourth-order valence-corrected chi connectivity index (χ4v) is 4.77. The van der Waals surface area contributed by atoms with Crippen molar-refractivity contribution in [3.63, 3.8) is 0 Å². The fraction of sp³-hybridized carbons (Fsp3) is 0.200. The van der Waals surface area contributed by atoms with E-state index in [1.54, 1.807) is 11.4 Å². The molecule has 0 aliphatic rings. The summed E-state index contributed by atoms with van der Waals surface area (Å²) < 4.78 is 29.2. The lowest BCUT2D eigenvalue weighted by Gasteiger charge is -2.06. The Morgan fingerprint density at radius 2 is 2.06 bits per heavy atom. The van der Waals surface area contributed by atoms with Crippen LogP contribution in [0.15, 0.2) is 44.7 Å². The molecule has 0 aliphatic heterocycles. The summed E-state index contributed by atoms with van der Waals surface area (Å²) in [5.74, 6) is 0. The van der Waals surface area contributed by atoms with E-state index in [-0.39, 0.29) is 0 Å². The van der Waals surface area contributed by atoms with Gasteiger partial charge in [0, 0.05) is 30.0 Å². The molecule has 0 unspecified atom stereocenters. The van der Waals surface area contributed by atoms with E-state index in [2.05, 4.69) is 20.7 Å². The van der Waals surface area contributed by atoms with Gasteiger partial charge < -0.3 is 4.57 Å². The monoisotopic (exact) mass is 334 g/mol. The smallest absolute Gasteiger partial charge is 0.251 e. The second-order valence-corrected chi connectivity index (χ2v) is 7.11. The summed E-state index contributed by atoms with van der Waals surface area (Å²) in [5, 5.41) is 1.74. The number of thiophene rings is 1. The number of aromatic nitrogens is 1. The molecule has 0 bridgehead atoms. The van der Waals surface area contributed by atoms with Crippen LogP contribution in [0.3, 0.4) is 0 Å². The summed E-state index contributed by atoms with van der Waals surface area (Å²) >= 11 is 4.42. The highest BCUT2D eigenvalue weighted by molar-refractivity contribution is 9.10. The molecule has 17 heavy (non-hydrogen) atoms. The minimum atomic E-state index is -3.39. The maximum Gasteiger partial charge on any atom is 0.251 e. The Hall–Kier alpha value is -0.630. The van der Waals surface area contributed by atoms with Gasteiger partial charge in [-0.3, -0.25) is 0 Å². The number of sulfonamides is 1. The quantitative estimate of drug-likeness (QED) is 0.911. The predicted octanol–water partition coefficient (Wildman–Crippen LogP) is 2.29. The second-order valence-electron chi connectivity index (χ2n) is 3.37. The van der Waals surface area contributed by atoms with E-state index < -0.39 is 10.0 Å². The van der Waals surface area contributed by atoms with Crippen LogP contribution in [0.1, 0.15) is 0 Å². The van der Waals surface area contributed by atoms with Gasteiger partial charge in [-0.05, 0) is 39.5 Å². The van der Waals surface area contributed by atoms with Crippen LogP contribution >= 0.6 is 27.3 Å². The van der Waals surface area contributed by atoms with Gasteiger partial charge in [-0.25, -0.2) is 13.1 Å². The lowest BCUT2D eigenvalue weighted by Crippen LogP contribution is -2.26. The van der Waals surface area contributed by atoms with Gasteiger partial charge in [0.2, 0.25) is 0 Å². The van der Waals surface area contributed by atoms with Crippen molar-refractivity contribution in [1.82, 2.24) is 9.29 Å². The molecule has 0 amide bonds. The Bertz CT molecular complexity index is 575. The molecule has 0 spiro atoms. The third kappa shape index (κ3) is 3.19. The lowest BCUT2D eigenvalue weighted by atomic mass is 10.6. The number of rotatable bonds is 5. The Balaban J connectivity index is 1.97. The maximum absolute atomic E-state index is 11.9.